The second kappa shape index (κ2) is 8.32. The fraction of sp³-hybridized carbons (Fsp3) is 0.478. The van der Waals surface area contributed by atoms with Crippen molar-refractivity contribution in [2.45, 2.75) is 57.1 Å². The zero-order valence-electron chi connectivity index (χ0n) is 16.0. The number of halogens is 1. The first kappa shape index (κ1) is 19.1. The summed E-state index contributed by atoms with van der Waals surface area (Å²) in [5.74, 6) is -0.162. The number of hydrogen-bond acceptors (Lipinski definition) is 1. The van der Waals surface area contributed by atoms with Crippen LogP contribution in [0.1, 0.15) is 50.7 Å². The molecule has 2 atom stereocenters. The highest BCUT2D eigenvalue weighted by Crippen LogP contribution is 2.44. The number of nitrogens with two attached hydrogens (primary N) is 1. The summed E-state index contributed by atoms with van der Waals surface area (Å²) < 4.78 is 19.6. The first-order valence-corrected chi connectivity index (χ1v) is 9.81. The average Bonchev–Trinajstić information content (AvgIpc) is 2.67. The molecule has 1 aliphatic heterocycles. The predicted octanol–water partition coefficient (Wildman–Crippen LogP) is 4.20. The van der Waals surface area contributed by atoms with Gasteiger partial charge in [-0.3, -0.25) is 0 Å². The maximum atomic E-state index is 13.5. The molecule has 3 heteroatoms. The normalized spacial score (nSPS) is 26.0. The van der Waals surface area contributed by atoms with Gasteiger partial charge in [0.25, 0.3) is 0 Å². The molecule has 2 aromatic rings. The van der Waals surface area contributed by atoms with Crippen LogP contribution in [0.15, 0.2) is 54.6 Å². The molecule has 2 aromatic carbocycles. The summed E-state index contributed by atoms with van der Waals surface area (Å²) >= 11 is 0. The highest BCUT2D eigenvalue weighted by atomic mass is 19.1. The van der Waals surface area contributed by atoms with Crippen LogP contribution in [0.3, 0.4) is 0 Å². The molecule has 1 aliphatic rings. The van der Waals surface area contributed by atoms with Crippen LogP contribution >= 0.6 is 0 Å². The van der Waals surface area contributed by atoms with Crippen molar-refractivity contribution in [1.82, 2.24) is 0 Å². The van der Waals surface area contributed by atoms with Crippen LogP contribution in [-0.4, -0.2) is 18.8 Å². The van der Waals surface area contributed by atoms with Crippen molar-refractivity contribution >= 4 is 0 Å². The molecule has 0 aliphatic carbocycles. The lowest BCUT2D eigenvalue weighted by Crippen LogP contribution is -2.83. The van der Waals surface area contributed by atoms with Crippen LogP contribution < -0.4 is 5.32 Å². The van der Waals surface area contributed by atoms with E-state index < -0.39 is 0 Å². The van der Waals surface area contributed by atoms with E-state index in [4.69, 9.17) is 4.74 Å². The van der Waals surface area contributed by atoms with Gasteiger partial charge < -0.3 is 10.1 Å². The molecule has 0 unspecified atom stereocenters. The topological polar surface area (TPSA) is 25.8 Å². The van der Waals surface area contributed by atoms with Gasteiger partial charge in [-0.15, -0.1) is 0 Å². The van der Waals surface area contributed by atoms with Gasteiger partial charge in [0.2, 0.25) is 0 Å². The van der Waals surface area contributed by atoms with Gasteiger partial charge in [-0.1, -0.05) is 49.4 Å². The molecule has 0 spiro atoms. The minimum Gasteiger partial charge on any atom is -0.375 e. The first-order chi connectivity index (χ1) is 12.6. The molecule has 0 aromatic heterocycles. The minimum atomic E-state index is -0.162. The van der Waals surface area contributed by atoms with E-state index >= 15 is 0 Å². The number of hydrogen-bond donors (Lipinski definition) is 1. The fourth-order valence-corrected chi connectivity index (χ4v) is 4.24. The van der Waals surface area contributed by atoms with Crippen molar-refractivity contribution in [3.05, 3.63) is 71.5 Å². The summed E-state index contributed by atoms with van der Waals surface area (Å²) in [5, 5.41) is 2.39. The van der Waals surface area contributed by atoms with Gasteiger partial charge in [0.05, 0.1) is 12.1 Å². The van der Waals surface area contributed by atoms with Crippen LogP contribution in [-0.2, 0) is 16.7 Å². The Bertz CT molecular complexity index is 687. The number of ether oxygens (including phenoxy) is 1. The third-order valence-electron chi connectivity index (χ3n) is 6.00. The Hall–Kier alpha value is -1.71. The van der Waals surface area contributed by atoms with Gasteiger partial charge in [-0.05, 0) is 43.9 Å². The Morgan fingerprint density at radius 1 is 1.08 bits per heavy atom. The van der Waals surface area contributed by atoms with Crippen LogP contribution in [0.5, 0.6) is 0 Å². The van der Waals surface area contributed by atoms with E-state index in [1.165, 1.54) is 11.1 Å². The van der Waals surface area contributed by atoms with Crippen molar-refractivity contribution < 1.29 is 14.4 Å². The molecule has 3 rings (SSSR count). The molecule has 0 amide bonds. The van der Waals surface area contributed by atoms with E-state index in [9.17, 15) is 4.39 Å². The summed E-state index contributed by atoms with van der Waals surface area (Å²) in [6.45, 7) is 7.26. The molecular formula is C23H31FNO+. The summed E-state index contributed by atoms with van der Waals surface area (Å²) in [4.78, 5) is 0. The maximum absolute atomic E-state index is 13.5. The monoisotopic (exact) mass is 356 g/mol. The molecule has 1 saturated heterocycles. The smallest absolute Gasteiger partial charge is 0.123 e. The second-order valence-electron chi connectivity index (χ2n) is 7.88. The van der Waals surface area contributed by atoms with Crippen molar-refractivity contribution in [3.63, 3.8) is 0 Å². The molecule has 140 valence electrons. The Kier molecular flexibility index (Phi) is 6.10. The quantitative estimate of drug-likeness (QED) is 0.740. The molecule has 0 saturated carbocycles. The predicted molar refractivity (Wildman–Crippen MR) is 104 cm³/mol. The minimum absolute atomic E-state index is 0.0733. The van der Waals surface area contributed by atoms with Crippen LogP contribution in [0.4, 0.5) is 4.39 Å². The zero-order chi connectivity index (χ0) is 18.5. The van der Waals surface area contributed by atoms with Crippen molar-refractivity contribution in [2.75, 3.05) is 13.2 Å². The van der Waals surface area contributed by atoms with Gasteiger partial charge >= 0.3 is 0 Å². The van der Waals surface area contributed by atoms with E-state index in [2.05, 4.69) is 49.5 Å². The van der Waals surface area contributed by atoms with Gasteiger partial charge in [0.15, 0.2) is 0 Å². The van der Waals surface area contributed by atoms with Crippen LogP contribution in [0, 0.1) is 5.82 Å². The highest BCUT2D eigenvalue weighted by Gasteiger charge is 2.43. The van der Waals surface area contributed by atoms with Crippen LogP contribution in [0.25, 0.3) is 0 Å². The molecule has 1 heterocycles. The van der Waals surface area contributed by atoms with E-state index in [0.717, 1.165) is 45.4 Å². The van der Waals surface area contributed by atoms with Crippen molar-refractivity contribution in [1.29, 1.82) is 0 Å². The maximum Gasteiger partial charge on any atom is 0.123 e. The Morgan fingerprint density at radius 3 is 2.50 bits per heavy atom. The molecule has 26 heavy (non-hydrogen) atoms. The van der Waals surface area contributed by atoms with E-state index in [0.29, 0.717) is 0 Å². The molecule has 0 radical (unpaired) electrons. The molecule has 2 nitrogen and oxygen atoms in total. The molecule has 1 fully saturated rings. The van der Waals surface area contributed by atoms with E-state index in [-0.39, 0.29) is 16.8 Å². The lowest BCUT2D eigenvalue weighted by atomic mass is 9.66. The second-order valence-corrected chi connectivity index (χ2v) is 7.88. The summed E-state index contributed by atoms with van der Waals surface area (Å²) in [5.41, 5.74) is 2.60. The van der Waals surface area contributed by atoms with Crippen molar-refractivity contribution in [3.8, 4) is 0 Å². The number of quaternary nitrogens is 1. The van der Waals surface area contributed by atoms with E-state index in [1.807, 2.05) is 12.1 Å². The Balaban J connectivity index is 1.72. The summed E-state index contributed by atoms with van der Waals surface area (Å²) in [6.07, 6.45) is 4.10. The third-order valence-corrected chi connectivity index (χ3v) is 6.00. The molecular weight excluding hydrogens is 325 g/mol. The van der Waals surface area contributed by atoms with Gasteiger partial charge in [0, 0.05) is 24.0 Å². The van der Waals surface area contributed by atoms with Crippen molar-refractivity contribution in [2.24, 2.45) is 0 Å². The fourth-order valence-electron chi connectivity index (χ4n) is 4.24. The van der Waals surface area contributed by atoms with Gasteiger partial charge in [-0.2, -0.15) is 0 Å². The standard InChI is InChI=1S/C23H30FNO/c1-3-22(2)18-23(14-16-26-22,20-9-11-21(24)12-10-20)13-15-25-17-19-7-5-4-6-8-19/h4-12,25H,3,13-18H2,1-2H3/p+1/t22-,23-/m1/s1. The summed E-state index contributed by atoms with van der Waals surface area (Å²) in [7, 11) is 0. The lowest BCUT2D eigenvalue weighted by Gasteiger charge is -2.46. The number of rotatable bonds is 7. The number of benzene rings is 2. The van der Waals surface area contributed by atoms with Gasteiger partial charge in [0.1, 0.15) is 12.4 Å². The average molecular weight is 357 g/mol. The van der Waals surface area contributed by atoms with Gasteiger partial charge in [-0.25, -0.2) is 4.39 Å². The first-order valence-electron chi connectivity index (χ1n) is 9.81. The summed E-state index contributed by atoms with van der Waals surface area (Å²) in [6, 6.07) is 17.8. The highest BCUT2D eigenvalue weighted by molar-refractivity contribution is 5.27. The lowest BCUT2D eigenvalue weighted by molar-refractivity contribution is -0.672. The SMILES string of the molecule is CC[C@]1(C)C[C@](CC[NH2+]Cc2ccccc2)(c2ccc(F)cc2)CCO1. The molecule has 2 N–H and O–H groups in total. The largest absolute Gasteiger partial charge is 0.375 e. The third kappa shape index (κ3) is 4.52. The van der Waals surface area contributed by atoms with Crippen LogP contribution in [0.2, 0.25) is 0 Å². The van der Waals surface area contributed by atoms with E-state index in [1.54, 1.807) is 12.1 Å². The Morgan fingerprint density at radius 2 is 1.81 bits per heavy atom. The zero-order valence-corrected chi connectivity index (χ0v) is 16.0. The molecule has 0 bridgehead atoms. The Labute approximate surface area is 156 Å².